The number of aromatic nitrogens is 3. The van der Waals surface area contributed by atoms with E-state index in [9.17, 15) is 4.79 Å². The maximum atomic E-state index is 13.0. The Labute approximate surface area is 188 Å². The van der Waals surface area contributed by atoms with Crippen molar-refractivity contribution in [3.05, 3.63) is 66.6 Å². The second kappa shape index (κ2) is 9.53. The molecule has 1 amide bonds. The van der Waals surface area contributed by atoms with E-state index >= 15 is 0 Å². The first kappa shape index (κ1) is 20.7. The molecule has 2 aliphatic heterocycles. The molecule has 1 N–H and O–H groups in total. The average Bonchev–Trinajstić information content (AvgIpc) is 3.36. The summed E-state index contributed by atoms with van der Waals surface area (Å²) < 4.78 is 6.09. The number of carbonyl (C=O) groups is 1. The molecule has 5 rings (SSSR count). The van der Waals surface area contributed by atoms with Gasteiger partial charge in [-0.15, -0.1) is 0 Å². The highest BCUT2D eigenvalue weighted by atomic mass is 16.5. The van der Waals surface area contributed by atoms with Crippen LogP contribution in [0.4, 0.5) is 0 Å². The molecule has 2 aliphatic rings. The maximum absolute atomic E-state index is 13.0. The normalized spacial score (nSPS) is 18.6. The van der Waals surface area contributed by atoms with Gasteiger partial charge >= 0.3 is 0 Å². The number of aromatic amines is 1. The Bertz CT molecular complexity index is 1010. The fourth-order valence-corrected chi connectivity index (χ4v) is 4.76. The number of amides is 1. The Morgan fingerprint density at radius 2 is 1.66 bits per heavy atom. The van der Waals surface area contributed by atoms with Gasteiger partial charge in [-0.1, -0.05) is 30.3 Å². The zero-order valence-electron chi connectivity index (χ0n) is 18.2. The van der Waals surface area contributed by atoms with Crippen molar-refractivity contribution in [2.45, 2.75) is 37.8 Å². The van der Waals surface area contributed by atoms with E-state index in [0.29, 0.717) is 11.7 Å². The van der Waals surface area contributed by atoms with Crippen LogP contribution in [-0.2, 0) is 0 Å². The molecule has 2 saturated heterocycles. The number of likely N-dealkylation sites (tertiary alicyclic amines) is 2. The van der Waals surface area contributed by atoms with Crippen LogP contribution in [0, 0.1) is 0 Å². The summed E-state index contributed by atoms with van der Waals surface area (Å²) in [5.41, 5.74) is 2.38. The molecule has 0 aliphatic carbocycles. The minimum absolute atomic E-state index is 0.0441. The predicted molar refractivity (Wildman–Crippen MR) is 122 cm³/mol. The molecule has 2 fully saturated rings. The summed E-state index contributed by atoms with van der Waals surface area (Å²) in [6.45, 7) is 3.68. The molecule has 32 heavy (non-hydrogen) atoms. The van der Waals surface area contributed by atoms with Crippen molar-refractivity contribution in [1.29, 1.82) is 0 Å². The van der Waals surface area contributed by atoms with Crippen LogP contribution in [0.15, 0.2) is 60.9 Å². The van der Waals surface area contributed by atoms with Gasteiger partial charge in [0.05, 0.1) is 5.69 Å². The molecule has 3 aromatic rings. The zero-order valence-corrected chi connectivity index (χ0v) is 18.2. The molecule has 0 atom stereocenters. The van der Waals surface area contributed by atoms with Crippen molar-refractivity contribution in [3.8, 4) is 17.0 Å². The van der Waals surface area contributed by atoms with Crippen molar-refractivity contribution in [2.75, 3.05) is 26.2 Å². The van der Waals surface area contributed by atoms with Gasteiger partial charge in [0.15, 0.2) is 0 Å². The summed E-state index contributed by atoms with van der Waals surface area (Å²) in [7, 11) is 0. The van der Waals surface area contributed by atoms with Gasteiger partial charge in [-0.3, -0.25) is 19.8 Å². The highest BCUT2D eigenvalue weighted by molar-refractivity contribution is 5.93. The third-order valence-corrected chi connectivity index (χ3v) is 6.57. The van der Waals surface area contributed by atoms with Crippen molar-refractivity contribution in [1.82, 2.24) is 25.0 Å². The van der Waals surface area contributed by atoms with Crippen molar-refractivity contribution >= 4 is 5.91 Å². The quantitative estimate of drug-likeness (QED) is 0.668. The first-order chi connectivity index (χ1) is 15.8. The van der Waals surface area contributed by atoms with E-state index in [-0.39, 0.29) is 12.0 Å². The lowest BCUT2D eigenvalue weighted by Gasteiger charge is -2.41. The fraction of sp³-hybridized carbons (Fsp3) is 0.400. The highest BCUT2D eigenvalue weighted by Crippen LogP contribution is 2.25. The van der Waals surface area contributed by atoms with Gasteiger partial charge in [-0.05, 0) is 43.9 Å². The minimum Gasteiger partial charge on any atom is -0.490 e. The molecular weight excluding hydrogens is 402 g/mol. The lowest BCUT2D eigenvalue weighted by molar-refractivity contribution is 0.0422. The number of carbonyl (C=O) groups excluding carboxylic acids is 1. The van der Waals surface area contributed by atoms with Crippen LogP contribution in [0.1, 0.15) is 36.2 Å². The molecule has 2 aromatic heterocycles. The summed E-state index contributed by atoms with van der Waals surface area (Å²) in [6.07, 6.45) is 7.92. The largest absolute Gasteiger partial charge is 0.490 e. The zero-order chi connectivity index (χ0) is 21.8. The number of H-pyrrole nitrogens is 1. The van der Waals surface area contributed by atoms with E-state index in [1.54, 1.807) is 12.4 Å². The first-order valence-corrected chi connectivity index (χ1v) is 11.5. The Kier molecular flexibility index (Phi) is 6.16. The molecule has 4 heterocycles. The van der Waals surface area contributed by atoms with Gasteiger partial charge in [0.25, 0.3) is 5.91 Å². The Morgan fingerprint density at radius 3 is 2.38 bits per heavy atom. The summed E-state index contributed by atoms with van der Waals surface area (Å²) in [5, 5.41) is 7.26. The maximum Gasteiger partial charge on any atom is 0.271 e. The second-order valence-corrected chi connectivity index (χ2v) is 8.59. The summed E-state index contributed by atoms with van der Waals surface area (Å²) >= 11 is 0. The van der Waals surface area contributed by atoms with E-state index in [2.05, 4.69) is 20.1 Å². The Hall–Kier alpha value is -3.19. The smallest absolute Gasteiger partial charge is 0.271 e. The predicted octanol–water partition coefficient (Wildman–Crippen LogP) is 3.62. The van der Waals surface area contributed by atoms with Crippen LogP contribution < -0.4 is 4.74 Å². The molecule has 0 bridgehead atoms. The number of benzene rings is 1. The molecule has 1 aromatic carbocycles. The topological polar surface area (TPSA) is 74.4 Å². The van der Waals surface area contributed by atoms with Crippen LogP contribution in [0.5, 0.6) is 5.75 Å². The lowest BCUT2D eigenvalue weighted by atomic mass is 9.98. The monoisotopic (exact) mass is 431 g/mol. The van der Waals surface area contributed by atoms with Crippen molar-refractivity contribution in [3.63, 3.8) is 0 Å². The Balaban J connectivity index is 1.10. The third kappa shape index (κ3) is 4.67. The van der Waals surface area contributed by atoms with E-state index in [0.717, 1.165) is 68.9 Å². The average molecular weight is 432 g/mol. The number of hydrogen-bond donors (Lipinski definition) is 1. The number of pyridine rings is 1. The molecule has 7 nitrogen and oxygen atoms in total. The number of nitrogens with one attached hydrogen (secondary N) is 1. The standard InChI is InChI=1S/C25H29N5O2/c31-25(24-18-23(27-28-24)19-4-2-1-3-5-19)30-14-8-20(9-15-30)29-16-10-22(11-17-29)32-21-6-12-26-13-7-21/h1-7,12-13,18,20,22H,8-11,14-17H2,(H,27,28). The van der Waals surface area contributed by atoms with Gasteiger partial charge in [0.2, 0.25) is 0 Å². The van der Waals surface area contributed by atoms with E-state index in [4.69, 9.17) is 4.74 Å². The lowest BCUT2D eigenvalue weighted by Crippen LogP contribution is -2.50. The van der Waals surface area contributed by atoms with Crippen LogP contribution >= 0.6 is 0 Å². The van der Waals surface area contributed by atoms with Gasteiger partial charge in [-0.2, -0.15) is 5.10 Å². The van der Waals surface area contributed by atoms with E-state index in [1.807, 2.05) is 53.4 Å². The molecule has 166 valence electrons. The van der Waals surface area contributed by atoms with Crippen LogP contribution in [0.2, 0.25) is 0 Å². The fourth-order valence-electron chi connectivity index (χ4n) is 4.76. The minimum atomic E-state index is 0.0441. The van der Waals surface area contributed by atoms with Crippen LogP contribution in [0.25, 0.3) is 11.3 Å². The number of hydrogen-bond acceptors (Lipinski definition) is 5. The van der Waals surface area contributed by atoms with E-state index in [1.165, 1.54) is 0 Å². The molecule has 7 heteroatoms. The third-order valence-electron chi connectivity index (χ3n) is 6.57. The number of piperidine rings is 2. The number of rotatable bonds is 5. The van der Waals surface area contributed by atoms with Crippen molar-refractivity contribution in [2.24, 2.45) is 0 Å². The summed E-state index contributed by atoms with van der Waals surface area (Å²) in [5.74, 6) is 0.946. The van der Waals surface area contributed by atoms with Gasteiger partial charge in [0, 0.05) is 50.2 Å². The summed E-state index contributed by atoms with van der Waals surface area (Å²) in [4.78, 5) is 21.5. The Morgan fingerprint density at radius 1 is 0.938 bits per heavy atom. The first-order valence-electron chi connectivity index (χ1n) is 11.5. The number of nitrogens with zero attached hydrogens (tertiary/aromatic N) is 4. The molecule has 0 saturated carbocycles. The molecule has 0 unspecified atom stereocenters. The SMILES string of the molecule is O=C(c1cc(-c2ccccc2)n[nH]1)N1CCC(N2CCC(Oc3ccncc3)CC2)CC1. The van der Waals surface area contributed by atoms with Gasteiger partial charge in [0.1, 0.15) is 17.5 Å². The summed E-state index contributed by atoms with van der Waals surface area (Å²) in [6, 6.07) is 16.2. The second-order valence-electron chi connectivity index (χ2n) is 8.59. The highest BCUT2D eigenvalue weighted by Gasteiger charge is 2.31. The van der Waals surface area contributed by atoms with Crippen LogP contribution in [0.3, 0.4) is 0 Å². The molecule has 0 radical (unpaired) electrons. The van der Waals surface area contributed by atoms with Gasteiger partial charge in [-0.25, -0.2) is 0 Å². The molecule has 0 spiro atoms. The van der Waals surface area contributed by atoms with Gasteiger partial charge < -0.3 is 9.64 Å². The van der Waals surface area contributed by atoms with Crippen molar-refractivity contribution < 1.29 is 9.53 Å². The molecular formula is C25H29N5O2. The van der Waals surface area contributed by atoms with E-state index < -0.39 is 0 Å². The number of ether oxygens (including phenoxy) is 1. The van der Waals surface area contributed by atoms with Crippen LogP contribution in [-0.4, -0.2) is 69.2 Å².